The fraction of sp³-hybridized carbons (Fsp3) is 0.500. The summed E-state index contributed by atoms with van der Waals surface area (Å²) in [7, 11) is 2.17. The van der Waals surface area contributed by atoms with Gasteiger partial charge in [-0.05, 0) is 0 Å². The Labute approximate surface area is 119 Å². The zero-order chi connectivity index (χ0) is 13.2. The molecule has 1 saturated heterocycles. The molecular weight excluding hydrogens is 305 g/mol. The fourth-order valence-electron chi connectivity index (χ4n) is 2.47. The van der Waals surface area contributed by atoms with Gasteiger partial charge in [0.1, 0.15) is 0 Å². The first-order valence-corrected chi connectivity index (χ1v) is 8.36. The first kappa shape index (κ1) is 13.1. The number of nitrogens with zero attached hydrogens (tertiary/aromatic N) is 3. The number of benzene rings is 1. The van der Waals surface area contributed by atoms with E-state index in [1.807, 2.05) is 21.8 Å². The molecule has 1 aromatic heterocycles. The van der Waals surface area contributed by atoms with Gasteiger partial charge in [0.2, 0.25) is 0 Å². The molecule has 4 nitrogen and oxygen atoms in total. The van der Waals surface area contributed by atoms with Crippen molar-refractivity contribution in [2.45, 2.75) is 6.54 Å². The fourth-order valence-corrected chi connectivity index (χ4v) is 4.53. The van der Waals surface area contributed by atoms with Gasteiger partial charge in [0.05, 0.1) is 0 Å². The van der Waals surface area contributed by atoms with Crippen LogP contribution in [0.2, 0.25) is 0 Å². The Hall–Kier alpha value is -0.871. The van der Waals surface area contributed by atoms with Gasteiger partial charge in [-0.2, -0.15) is 0 Å². The maximum atomic E-state index is 12.2. The van der Waals surface area contributed by atoms with E-state index in [1.54, 1.807) is 0 Å². The van der Waals surface area contributed by atoms with Crippen molar-refractivity contribution in [1.29, 1.82) is 0 Å². The average molecular weight is 324 g/mol. The van der Waals surface area contributed by atoms with Crippen LogP contribution in [0.3, 0.4) is 0 Å². The molecule has 19 heavy (non-hydrogen) atoms. The van der Waals surface area contributed by atoms with Crippen molar-refractivity contribution >= 4 is 24.4 Å². The quantitative estimate of drug-likeness (QED) is 0.761. The topological polar surface area (TPSA) is 28.5 Å². The maximum absolute atomic E-state index is 12.2. The van der Waals surface area contributed by atoms with Crippen LogP contribution >= 0.6 is 0 Å². The zero-order valence-electron chi connectivity index (χ0n) is 11.2. The summed E-state index contributed by atoms with van der Waals surface area (Å²) in [5.41, 5.74) is 0.227. The summed E-state index contributed by atoms with van der Waals surface area (Å²) in [6.45, 7) is 6.40. The van der Waals surface area contributed by atoms with E-state index in [9.17, 15) is 4.79 Å². The Bertz CT molecular complexity index is 610. The molecule has 1 aromatic carbocycles. The molecule has 0 bridgehead atoms. The minimum atomic E-state index is 0.181. The molecule has 0 spiro atoms. The first-order chi connectivity index (χ1) is 9.24. The van der Waals surface area contributed by atoms with Crippen LogP contribution in [-0.4, -0.2) is 67.9 Å². The predicted molar refractivity (Wildman–Crippen MR) is 79.1 cm³/mol. The van der Waals surface area contributed by atoms with Crippen molar-refractivity contribution in [1.82, 2.24) is 13.4 Å². The van der Waals surface area contributed by atoms with Crippen molar-refractivity contribution in [2.75, 3.05) is 39.8 Å². The van der Waals surface area contributed by atoms with E-state index in [2.05, 4.69) is 22.9 Å². The SMILES string of the molecule is CN1CCN(CCn2[se]c3ccccc3c2=O)CC1. The van der Waals surface area contributed by atoms with Crippen molar-refractivity contribution in [3.8, 4) is 0 Å². The van der Waals surface area contributed by atoms with E-state index < -0.39 is 0 Å². The van der Waals surface area contributed by atoms with Crippen LogP contribution < -0.4 is 5.56 Å². The molecule has 0 aliphatic carbocycles. The van der Waals surface area contributed by atoms with Crippen molar-refractivity contribution in [3.05, 3.63) is 34.6 Å². The normalized spacial score (nSPS) is 18.2. The summed E-state index contributed by atoms with van der Waals surface area (Å²) in [5, 5.41) is 0.917. The van der Waals surface area contributed by atoms with Crippen molar-refractivity contribution in [2.24, 2.45) is 0 Å². The molecule has 3 rings (SSSR count). The van der Waals surface area contributed by atoms with Crippen LogP contribution in [0, 0.1) is 0 Å². The van der Waals surface area contributed by atoms with E-state index in [1.165, 1.54) is 4.26 Å². The van der Waals surface area contributed by atoms with Gasteiger partial charge >= 0.3 is 119 Å². The Balaban J connectivity index is 1.69. The average Bonchev–Trinajstić information content (AvgIpc) is 2.76. The second-order valence-corrected chi connectivity index (χ2v) is 7.37. The minimum absolute atomic E-state index is 0.181. The molecule has 1 aliphatic rings. The molecule has 0 saturated carbocycles. The number of hydrogen-bond acceptors (Lipinski definition) is 3. The molecule has 0 atom stereocenters. The predicted octanol–water partition coefficient (Wildman–Crippen LogP) is 0.306. The summed E-state index contributed by atoms with van der Waals surface area (Å²) < 4.78 is 3.27. The van der Waals surface area contributed by atoms with Gasteiger partial charge in [-0.3, -0.25) is 0 Å². The van der Waals surface area contributed by atoms with Gasteiger partial charge in [0.25, 0.3) is 0 Å². The summed E-state index contributed by atoms with van der Waals surface area (Å²) in [5.74, 6) is 0. The molecule has 102 valence electrons. The van der Waals surface area contributed by atoms with Crippen LogP contribution in [-0.2, 0) is 6.54 Å². The molecule has 1 aliphatic heterocycles. The van der Waals surface area contributed by atoms with Crippen LogP contribution in [0.4, 0.5) is 0 Å². The van der Waals surface area contributed by atoms with Gasteiger partial charge in [0, 0.05) is 0 Å². The standard InChI is InChI=1S/C14H19N3OSe/c1-15-6-8-16(9-7-15)10-11-17-14(18)12-4-2-3-5-13(12)19-17/h2-5H,6-11H2,1H3. The number of aromatic nitrogens is 1. The van der Waals surface area contributed by atoms with Crippen LogP contribution in [0.5, 0.6) is 0 Å². The summed E-state index contributed by atoms with van der Waals surface area (Å²) in [4.78, 5) is 17.1. The molecule has 0 unspecified atom stereocenters. The van der Waals surface area contributed by atoms with E-state index in [0.29, 0.717) is 0 Å². The third-order valence-electron chi connectivity index (χ3n) is 3.77. The van der Waals surface area contributed by atoms with Gasteiger partial charge in [-0.25, -0.2) is 0 Å². The van der Waals surface area contributed by atoms with Crippen molar-refractivity contribution in [3.63, 3.8) is 0 Å². The van der Waals surface area contributed by atoms with Gasteiger partial charge < -0.3 is 0 Å². The number of piperazine rings is 1. The van der Waals surface area contributed by atoms with Crippen LogP contribution in [0.1, 0.15) is 0 Å². The number of rotatable bonds is 3. The Morgan fingerprint density at radius 2 is 1.84 bits per heavy atom. The van der Waals surface area contributed by atoms with Crippen LogP contribution in [0.25, 0.3) is 9.65 Å². The molecule has 5 heteroatoms. The third kappa shape index (κ3) is 2.84. The van der Waals surface area contributed by atoms with Gasteiger partial charge in [-0.15, -0.1) is 0 Å². The van der Waals surface area contributed by atoms with Crippen LogP contribution in [0.15, 0.2) is 29.1 Å². The van der Waals surface area contributed by atoms with Gasteiger partial charge in [-0.1, -0.05) is 0 Å². The molecule has 0 radical (unpaired) electrons. The summed E-state index contributed by atoms with van der Waals surface area (Å²) in [6.07, 6.45) is 0. The number of fused-ring (bicyclic) bond motifs is 1. The molecule has 2 heterocycles. The first-order valence-electron chi connectivity index (χ1n) is 6.74. The molecule has 0 amide bonds. The molecule has 1 fully saturated rings. The third-order valence-corrected chi connectivity index (χ3v) is 6.12. The number of likely N-dealkylation sites (N-methyl/N-ethyl adjacent to an activating group) is 1. The Kier molecular flexibility index (Phi) is 3.89. The summed E-state index contributed by atoms with van der Waals surface area (Å²) >= 11 is 0.181. The summed E-state index contributed by atoms with van der Waals surface area (Å²) in [6, 6.07) is 8.02. The van der Waals surface area contributed by atoms with E-state index in [0.717, 1.165) is 44.7 Å². The Morgan fingerprint density at radius 1 is 1.11 bits per heavy atom. The molecule has 0 N–H and O–H groups in total. The number of hydrogen-bond donors (Lipinski definition) is 0. The molecule has 2 aromatic rings. The van der Waals surface area contributed by atoms with Crippen molar-refractivity contribution < 1.29 is 0 Å². The monoisotopic (exact) mass is 325 g/mol. The van der Waals surface area contributed by atoms with E-state index in [-0.39, 0.29) is 20.3 Å². The van der Waals surface area contributed by atoms with E-state index in [4.69, 9.17) is 0 Å². The Morgan fingerprint density at radius 3 is 2.58 bits per heavy atom. The second-order valence-electron chi connectivity index (χ2n) is 5.14. The second kappa shape index (κ2) is 5.63. The molecular formula is C14H19N3OSe. The van der Waals surface area contributed by atoms with Gasteiger partial charge in [0.15, 0.2) is 0 Å². The zero-order valence-corrected chi connectivity index (χ0v) is 12.9. The van der Waals surface area contributed by atoms with E-state index >= 15 is 0 Å².